The van der Waals surface area contributed by atoms with Gasteiger partial charge < -0.3 is 0 Å². The molecule has 0 radical (unpaired) electrons. The molecular formula is C68H42N2S. The van der Waals surface area contributed by atoms with Crippen LogP contribution in [-0.4, -0.2) is 9.38 Å². The van der Waals surface area contributed by atoms with Crippen LogP contribution in [0.4, 0.5) is 0 Å². The lowest BCUT2D eigenvalue weighted by Gasteiger charge is -2.33. The van der Waals surface area contributed by atoms with Crippen molar-refractivity contribution in [1.29, 1.82) is 0 Å². The Kier molecular flexibility index (Phi) is 8.78. The highest BCUT2D eigenvalue weighted by atomic mass is 32.1. The van der Waals surface area contributed by atoms with Gasteiger partial charge in [-0.25, -0.2) is 4.98 Å². The van der Waals surface area contributed by atoms with Gasteiger partial charge in [0.1, 0.15) is 0 Å². The van der Waals surface area contributed by atoms with Crippen LogP contribution in [0.2, 0.25) is 0 Å². The molecule has 0 unspecified atom stereocenters. The summed E-state index contributed by atoms with van der Waals surface area (Å²) < 4.78 is 4.87. The highest BCUT2D eigenvalue weighted by Gasteiger charge is 2.46. The molecule has 0 atom stereocenters. The van der Waals surface area contributed by atoms with Crippen molar-refractivity contribution in [3.8, 4) is 55.8 Å². The van der Waals surface area contributed by atoms with Gasteiger partial charge in [0.15, 0.2) is 5.65 Å². The number of nitrogens with zero attached hydrogens (tertiary/aromatic N) is 2. The Bertz CT molecular complexity index is 4390. The van der Waals surface area contributed by atoms with Crippen molar-refractivity contribution in [2.75, 3.05) is 0 Å². The first-order valence-electron chi connectivity index (χ1n) is 24.4. The van der Waals surface area contributed by atoms with E-state index in [-0.39, 0.29) is 0 Å². The van der Waals surface area contributed by atoms with Crippen molar-refractivity contribution < 1.29 is 0 Å². The minimum atomic E-state index is -0.403. The number of pyridine rings is 1. The Morgan fingerprint density at radius 2 is 0.901 bits per heavy atom. The molecule has 0 spiro atoms. The smallest absolute Gasteiger partial charge is 0.156 e. The number of para-hydroxylation sites is 2. The van der Waals surface area contributed by atoms with E-state index in [0.29, 0.717) is 0 Å². The summed E-state index contributed by atoms with van der Waals surface area (Å²) in [5.74, 6) is 0. The van der Waals surface area contributed by atoms with Crippen molar-refractivity contribution >= 4 is 69.7 Å². The molecule has 71 heavy (non-hydrogen) atoms. The Morgan fingerprint density at radius 3 is 1.61 bits per heavy atom. The van der Waals surface area contributed by atoms with Crippen molar-refractivity contribution in [2.45, 2.75) is 5.41 Å². The molecule has 14 aromatic rings. The summed E-state index contributed by atoms with van der Waals surface area (Å²) >= 11 is 1.84. The van der Waals surface area contributed by atoms with Gasteiger partial charge in [-0.15, -0.1) is 11.3 Å². The summed E-state index contributed by atoms with van der Waals surface area (Å²) in [6.45, 7) is 0. The first kappa shape index (κ1) is 40.0. The first-order valence-corrected chi connectivity index (χ1v) is 25.2. The van der Waals surface area contributed by atoms with Crippen molar-refractivity contribution in [1.82, 2.24) is 9.38 Å². The van der Waals surface area contributed by atoms with Crippen LogP contribution in [0.15, 0.2) is 255 Å². The molecule has 0 amide bonds. The SMILES string of the molecule is c1ccc(C2(c3ccccc3)c3ccccc3-c3cc(-c4ccc(-c5ccc(-c6ccc(-c7cc8c9cc%10ccccc%10cc9sc8c8nc9ccccc9n78)cc6)c6ccccc56)cc4)ccc32)cc1. The molecular weight excluding hydrogens is 877 g/mol. The van der Waals surface area contributed by atoms with Crippen molar-refractivity contribution in [3.63, 3.8) is 0 Å². The zero-order valence-corrected chi connectivity index (χ0v) is 39.4. The van der Waals surface area contributed by atoms with Gasteiger partial charge in [0.05, 0.1) is 26.8 Å². The monoisotopic (exact) mass is 918 g/mol. The quantitative estimate of drug-likeness (QED) is 0.162. The average molecular weight is 919 g/mol. The van der Waals surface area contributed by atoms with Gasteiger partial charge in [0.25, 0.3) is 0 Å². The molecule has 3 heterocycles. The van der Waals surface area contributed by atoms with Crippen LogP contribution in [0.25, 0.3) is 114 Å². The van der Waals surface area contributed by atoms with E-state index >= 15 is 0 Å². The largest absolute Gasteiger partial charge is 0.291 e. The summed E-state index contributed by atoms with van der Waals surface area (Å²) in [6, 6.07) is 94.2. The van der Waals surface area contributed by atoms with E-state index in [2.05, 4.69) is 259 Å². The zero-order chi connectivity index (χ0) is 46.6. The highest BCUT2D eigenvalue weighted by molar-refractivity contribution is 7.26. The number of fused-ring (bicyclic) bond motifs is 12. The van der Waals surface area contributed by atoms with Gasteiger partial charge in [-0.05, 0) is 130 Å². The van der Waals surface area contributed by atoms with Crippen LogP contribution < -0.4 is 0 Å². The van der Waals surface area contributed by atoms with E-state index < -0.39 is 5.41 Å². The standard InChI is InChI=1S/C68H42N2S/c1-3-17-50(18-4-1)68(51-19-5-2-6-20-51)60-24-12-11-23-56(60)57-39-49(35-38-61(57)68)43-27-29-44(30-28-43)52-36-37-53(55-22-10-9-21-54(52)55)45-31-33-46(34-32-45)64-42-59-58-40-47-15-7-8-16-48(47)41-65(58)71-66(59)67-69-62-25-13-14-26-63(62)70(64)67/h1-42H. The number of aromatic nitrogens is 2. The van der Waals surface area contributed by atoms with Crippen LogP contribution in [-0.2, 0) is 5.41 Å². The van der Waals surface area contributed by atoms with Gasteiger partial charge >= 0.3 is 0 Å². The fourth-order valence-corrected chi connectivity index (χ4v) is 13.2. The molecule has 3 heteroatoms. The van der Waals surface area contributed by atoms with E-state index in [1.807, 2.05) is 11.3 Å². The van der Waals surface area contributed by atoms with Crippen LogP contribution in [0, 0.1) is 0 Å². The Hall–Kier alpha value is -8.89. The van der Waals surface area contributed by atoms with E-state index in [0.717, 1.165) is 27.9 Å². The normalized spacial score (nSPS) is 12.9. The molecule has 3 aromatic heterocycles. The molecule has 15 rings (SSSR count). The van der Waals surface area contributed by atoms with E-state index in [1.54, 1.807) is 0 Å². The molecule has 330 valence electrons. The number of hydrogen-bond acceptors (Lipinski definition) is 2. The molecule has 1 aliphatic rings. The molecule has 0 saturated heterocycles. The molecule has 0 saturated carbocycles. The highest BCUT2D eigenvalue weighted by Crippen LogP contribution is 2.56. The van der Waals surface area contributed by atoms with Gasteiger partial charge in [-0.2, -0.15) is 0 Å². The third kappa shape index (κ3) is 5.97. The third-order valence-corrected chi connectivity index (χ3v) is 16.4. The van der Waals surface area contributed by atoms with Gasteiger partial charge in [-0.3, -0.25) is 4.40 Å². The molecule has 1 aliphatic carbocycles. The van der Waals surface area contributed by atoms with Gasteiger partial charge in [-0.1, -0.05) is 218 Å². The molecule has 0 fully saturated rings. The molecule has 11 aromatic carbocycles. The lowest BCUT2D eigenvalue weighted by Crippen LogP contribution is -2.28. The number of imidazole rings is 1. The topological polar surface area (TPSA) is 17.3 Å². The molecule has 0 N–H and O–H groups in total. The number of benzene rings is 11. The maximum absolute atomic E-state index is 5.26. The summed E-state index contributed by atoms with van der Waals surface area (Å²) in [5.41, 5.74) is 20.1. The number of thiophene rings is 1. The third-order valence-electron chi connectivity index (χ3n) is 15.3. The Morgan fingerprint density at radius 1 is 0.352 bits per heavy atom. The van der Waals surface area contributed by atoms with Crippen LogP contribution in [0.1, 0.15) is 22.3 Å². The second kappa shape index (κ2) is 15.6. The lowest BCUT2D eigenvalue weighted by atomic mass is 9.67. The van der Waals surface area contributed by atoms with E-state index in [9.17, 15) is 0 Å². The van der Waals surface area contributed by atoms with E-state index in [1.165, 1.54) is 108 Å². The van der Waals surface area contributed by atoms with Crippen LogP contribution in [0.5, 0.6) is 0 Å². The summed E-state index contributed by atoms with van der Waals surface area (Å²) in [6.07, 6.45) is 0. The summed E-state index contributed by atoms with van der Waals surface area (Å²) in [5, 5.41) is 7.52. The van der Waals surface area contributed by atoms with Crippen molar-refractivity contribution in [3.05, 3.63) is 277 Å². The van der Waals surface area contributed by atoms with Gasteiger partial charge in [0.2, 0.25) is 0 Å². The van der Waals surface area contributed by atoms with Gasteiger partial charge in [0, 0.05) is 15.5 Å². The number of hydrogen-bond donors (Lipinski definition) is 0. The summed E-state index contributed by atoms with van der Waals surface area (Å²) in [4.78, 5) is 5.26. The Balaban J connectivity index is 0.792. The fourth-order valence-electron chi connectivity index (χ4n) is 12.0. The molecule has 0 aliphatic heterocycles. The molecule has 0 bridgehead atoms. The fraction of sp³-hybridized carbons (Fsp3) is 0.0147. The minimum absolute atomic E-state index is 0.403. The maximum Gasteiger partial charge on any atom is 0.156 e. The number of rotatable bonds is 6. The minimum Gasteiger partial charge on any atom is -0.291 e. The zero-order valence-electron chi connectivity index (χ0n) is 38.6. The van der Waals surface area contributed by atoms with Crippen molar-refractivity contribution in [2.24, 2.45) is 0 Å². The first-order chi connectivity index (χ1) is 35.2. The average Bonchev–Trinajstić information content (AvgIpc) is 4.11. The second-order valence-corrected chi connectivity index (χ2v) is 20.0. The summed E-state index contributed by atoms with van der Waals surface area (Å²) in [7, 11) is 0. The predicted molar refractivity (Wildman–Crippen MR) is 300 cm³/mol. The second-order valence-electron chi connectivity index (χ2n) is 19.0. The maximum atomic E-state index is 5.26. The predicted octanol–water partition coefficient (Wildman–Crippen LogP) is 18.2. The van der Waals surface area contributed by atoms with E-state index in [4.69, 9.17) is 4.98 Å². The Labute approximate surface area is 415 Å². The molecule has 2 nitrogen and oxygen atoms in total. The lowest BCUT2D eigenvalue weighted by molar-refractivity contribution is 0.768. The van der Waals surface area contributed by atoms with Crippen LogP contribution >= 0.6 is 11.3 Å². The van der Waals surface area contributed by atoms with Crippen LogP contribution in [0.3, 0.4) is 0 Å².